The van der Waals surface area contributed by atoms with E-state index in [1.807, 2.05) is 6.92 Å². The summed E-state index contributed by atoms with van der Waals surface area (Å²) in [6, 6.07) is 1.48. The van der Waals surface area contributed by atoms with Crippen LogP contribution in [-0.4, -0.2) is 28.4 Å². The van der Waals surface area contributed by atoms with E-state index >= 15 is 0 Å². The average molecular weight is 348 g/mol. The molecule has 0 spiro atoms. The maximum absolute atomic E-state index is 11.9. The van der Waals surface area contributed by atoms with Gasteiger partial charge in [-0.1, -0.05) is 43.0 Å². The largest absolute Gasteiger partial charge is 0.392 e. The second-order valence-corrected chi connectivity index (χ2v) is 7.05. The Bertz CT molecular complexity index is 547. The third-order valence-electron chi connectivity index (χ3n) is 4.58. The highest BCUT2D eigenvalue weighted by Gasteiger charge is 2.35. The molecule has 2 rings (SSSR count). The minimum Gasteiger partial charge on any atom is -0.392 e. The molecule has 22 heavy (non-hydrogen) atoms. The van der Waals surface area contributed by atoms with Crippen LogP contribution in [0.3, 0.4) is 0 Å². The predicted molar refractivity (Wildman–Crippen MR) is 88.3 cm³/mol. The normalized spacial score (nSPS) is 25.0. The summed E-state index contributed by atoms with van der Waals surface area (Å²) in [5.41, 5.74) is 0.585. The Morgan fingerprint density at radius 1 is 1.45 bits per heavy atom. The quantitative estimate of drug-likeness (QED) is 0.783. The number of aliphatic hydroxyl groups excluding tert-OH is 1. The van der Waals surface area contributed by atoms with Gasteiger partial charge < -0.3 is 20.3 Å². The molecule has 0 bridgehead atoms. The van der Waals surface area contributed by atoms with Crippen LogP contribution < -0.4 is 10.6 Å². The molecule has 2 amide bonds. The molecule has 2 unspecified atom stereocenters. The zero-order chi connectivity index (χ0) is 16.3. The molecule has 0 aromatic carbocycles. The summed E-state index contributed by atoms with van der Waals surface area (Å²) in [5, 5.41) is 16.7. The number of urea groups is 1. The van der Waals surface area contributed by atoms with E-state index in [1.54, 1.807) is 17.7 Å². The summed E-state index contributed by atoms with van der Waals surface area (Å²) in [5.74, 6) is 0. The lowest BCUT2D eigenvalue weighted by atomic mass is 9.73. The molecule has 1 aromatic heterocycles. The lowest BCUT2D eigenvalue weighted by Crippen LogP contribution is -2.47. The Morgan fingerprint density at radius 3 is 2.77 bits per heavy atom. The van der Waals surface area contributed by atoms with Crippen molar-refractivity contribution in [3.8, 4) is 0 Å². The molecule has 1 aliphatic rings. The van der Waals surface area contributed by atoms with E-state index in [-0.39, 0.29) is 17.6 Å². The number of hydrogen-bond donors (Lipinski definition) is 3. The Balaban J connectivity index is 1.82. The molecule has 5 nitrogen and oxygen atoms in total. The Morgan fingerprint density at radius 2 is 2.18 bits per heavy atom. The first-order valence-corrected chi connectivity index (χ1v) is 8.28. The van der Waals surface area contributed by atoms with Crippen LogP contribution in [0.5, 0.6) is 0 Å². The zero-order valence-electron chi connectivity index (χ0n) is 13.0. The number of hydrogen-bond acceptors (Lipinski definition) is 2. The number of carbonyl (C=O) groups excluding carboxylic acids is 1. The Hall–Kier alpha value is -0.910. The van der Waals surface area contributed by atoms with Crippen molar-refractivity contribution in [2.75, 3.05) is 6.54 Å². The van der Waals surface area contributed by atoms with Crippen LogP contribution in [0.2, 0.25) is 10.2 Å². The van der Waals surface area contributed by atoms with Crippen molar-refractivity contribution in [1.29, 1.82) is 0 Å². The van der Waals surface area contributed by atoms with Crippen LogP contribution in [0.4, 0.5) is 4.79 Å². The summed E-state index contributed by atoms with van der Waals surface area (Å²) >= 11 is 11.9. The summed E-state index contributed by atoms with van der Waals surface area (Å²) in [6.07, 6.45) is 3.53. The molecule has 3 N–H and O–H groups in total. The molecule has 1 fully saturated rings. The fraction of sp³-hybridized carbons (Fsp3) is 0.667. The van der Waals surface area contributed by atoms with Gasteiger partial charge in [-0.3, -0.25) is 0 Å². The third-order valence-corrected chi connectivity index (χ3v) is 5.42. The molecule has 0 aliphatic heterocycles. The van der Waals surface area contributed by atoms with E-state index in [1.165, 1.54) is 0 Å². The van der Waals surface area contributed by atoms with Crippen LogP contribution in [0.1, 0.15) is 38.3 Å². The number of carbonyl (C=O) groups is 1. The smallest absolute Gasteiger partial charge is 0.315 e. The third kappa shape index (κ3) is 3.89. The van der Waals surface area contributed by atoms with E-state index < -0.39 is 0 Å². The number of amides is 2. The van der Waals surface area contributed by atoms with Gasteiger partial charge in [0.15, 0.2) is 0 Å². The average Bonchev–Trinajstić information content (AvgIpc) is 2.73. The second kappa shape index (κ2) is 7.11. The van der Waals surface area contributed by atoms with E-state index in [0.29, 0.717) is 23.3 Å². The lowest BCUT2D eigenvalue weighted by Gasteiger charge is -2.38. The van der Waals surface area contributed by atoms with Gasteiger partial charge in [0.05, 0.1) is 17.7 Å². The standard InChI is InChI=1S/C15H23Cl2N3O2/c1-15(6-4-3-5-12(15)21)9-19-14(22)18-8-10-7-11(16)13(17)20(10)2/h7,12,21H,3-6,8-9H2,1-2H3,(H2,18,19,22). The van der Waals surface area contributed by atoms with Crippen molar-refractivity contribution in [3.63, 3.8) is 0 Å². The predicted octanol–water partition coefficient (Wildman–Crippen LogP) is 3.07. The summed E-state index contributed by atoms with van der Waals surface area (Å²) in [4.78, 5) is 11.9. The van der Waals surface area contributed by atoms with Crippen molar-refractivity contribution in [2.45, 2.75) is 45.3 Å². The molecular weight excluding hydrogens is 325 g/mol. The minimum absolute atomic E-state index is 0.243. The summed E-state index contributed by atoms with van der Waals surface area (Å²) in [6.45, 7) is 2.83. The molecule has 124 valence electrons. The Labute approximate surface area is 141 Å². The van der Waals surface area contributed by atoms with Crippen LogP contribution in [-0.2, 0) is 13.6 Å². The van der Waals surface area contributed by atoms with Gasteiger partial charge >= 0.3 is 6.03 Å². The Kier molecular flexibility index (Phi) is 5.64. The van der Waals surface area contributed by atoms with E-state index in [2.05, 4.69) is 10.6 Å². The number of halogens is 2. The molecule has 1 aliphatic carbocycles. The first-order valence-electron chi connectivity index (χ1n) is 7.53. The highest BCUT2D eigenvalue weighted by Crippen LogP contribution is 2.35. The van der Waals surface area contributed by atoms with Crippen LogP contribution in [0.15, 0.2) is 6.07 Å². The van der Waals surface area contributed by atoms with Crippen molar-refractivity contribution in [1.82, 2.24) is 15.2 Å². The molecule has 0 radical (unpaired) electrons. The van der Waals surface area contributed by atoms with Crippen molar-refractivity contribution in [2.24, 2.45) is 12.5 Å². The monoisotopic (exact) mass is 347 g/mol. The highest BCUT2D eigenvalue weighted by molar-refractivity contribution is 6.41. The molecule has 1 saturated carbocycles. The first kappa shape index (κ1) is 17.4. The van der Waals surface area contributed by atoms with E-state index in [0.717, 1.165) is 31.4 Å². The van der Waals surface area contributed by atoms with E-state index in [4.69, 9.17) is 23.2 Å². The number of rotatable bonds is 4. The van der Waals surface area contributed by atoms with Gasteiger partial charge in [0, 0.05) is 24.7 Å². The number of nitrogens with zero attached hydrogens (tertiary/aromatic N) is 1. The molecular formula is C15H23Cl2N3O2. The van der Waals surface area contributed by atoms with Gasteiger partial charge in [0.1, 0.15) is 5.15 Å². The fourth-order valence-corrected chi connectivity index (χ4v) is 3.28. The maximum atomic E-state index is 11.9. The highest BCUT2D eigenvalue weighted by atomic mass is 35.5. The number of aliphatic hydroxyl groups is 1. The molecule has 0 saturated heterocycles. The van der Waals surface area contributed by atoms with Crippen LogP contribution in [0, 0.1) is 5.41 Å². The molecule has 1 aromatic rings. The van der Waals surface area contributed by atoms with Gasteiger partial charge in [-0.15, -0.1) is 0 Å². The fourth-order valence-electron chi connectivity index (χ4n) is 2.86. The molecule has 1 heterocycles. The number of aromatic nitrogens is 1. The van der Waals surface area contributed by atoms with E-state index in [9.17, 15) is 9.90 Å². The summed E-state index contributed by atoms with van der Waals surface area (Å²) in [7, 11) is 1.79. The maximum Gasteiger partial charge on any atom is 0.315 e. The second-order valence-electron chi connectivity index (χ2n) is 6.29. The zero-order valence-corrected chi connectivity index (χ0v) is 14.5. The topological polar surface area (TPSA) is 66.3 Å². The summed E-state index contributed by atoms with van der Waals surface area (Å²) < 4.78 is 1.73. The molecule has 7 heteroatoms. The van der Waals surface area contributed by atoms with Gasteiger partial charge in [0.25, 0.3) is 0 Å². The SMILES string of the molecule is Cn1c(CNC(=O)NCC2(C)CCCCC2O)cc(Cl)c1Cl. The van der Waals surface area contributed by atoms with Gasteiger partial charge in [-0.2, -0.15) is 0 Å². The minimum atomic E-state index is -0.355. The molecule has 2 atom stereocenters. The van der Waals surface area contributed by atoms with Crippen molar-refractivity contribution in [3.05, 3.63) is 21.9 Å². The van der Waals surface area contributed by atoms with Crippen molar-refractivity contribution >= 4 is 29.2 Å². The lowest BCUT2D eigenvalue weighted by molar-refractivity contribution is 0.00308. The van der Waals surface area contributed by atoms with Crippen LogP contribution in [0.25, 0.3) is 0 Å². The van der Waals surface area contributed by atoms with Gasteiger partial charge in [-0.05, 0) is 18.9 Å². The van der Waals surface area contributed by atoms with Gasteiger partial charge in [0.2, 0.25) is 0 Å². The van der Waals surface area contributed by atoms with Crippen LogP contribution >= 0.6 is 23.2 Å². The number of nitrogens with one attached hydrogen (secondary N) is 2. The first-order chi connectivity index (χ1) is 10.3. The van der Waals surface area contributed by atoms with Gasteiger partial charge in [-0.25, -0.2) is 4.79 Å². The van der Waals surface area contributed by atoms with Crippen molar-refractivity contribution < 1.29 is 9.90 Å².